The van der Waals surface area contributed by atoms with Crippen LogP contribution < -0.4 is 15.4 Å². The number of ether oxygens (including phenoxy) is 1. The summed E-state index contributed by atoms with van der Waals surface area (Å²) >= 11 is 5.93. The summed E-state index contributed by atoms with van der Waals surface area (Å²) < 4.78 is 5.22. The summed E-state index contributed by atoms with van der Waals surface area (Å²) in [7, 11) is 1.49. The zero-order valence-corrected chi connectivity index (χ0v) is 16.6. The maximum absolute atomic E-state index is 12.5. The lowest BCUT2D eigenvalue weighted by Gasteiger charge is -2.20. The minimum absolute atomic E-state index is 0.0791. The predicted molar refractivity (Wildman–Crippen MR) is 111 cm³/mol. The molecule has 1 fully saturated rings. The lowest BCUT2D eigenvalue weighted by Crippen LogP contribution is -2.35. The predicted octanol–water partition coefficient (Wildman–Crippen LogP) is 5.01. The Morgan fingerprint density at radius 3 is 2.14 bits per heavy atom. The van der Waals surface area contributed by atoms with E-state index in [-0.39, 0.29) is 11.9 Å². The van der Waals surface area contributed by atoms with Crippen LogP contribution in [0.4, 0.5) is 16.2 Å². The highest BCUT2D eigenvalue weighted by Gasteiger charge is 2.16. The van der Waals surface area contributed by atoms with E-state index in [1.807, 2.05) is 4.90 Å². The Morgan fingerprint density at radius 2 is 1.54 bits per heavy atom. The molecule has 0 aromatic heterocycles. The van der Waals surface area contributed by atoms with Crippen LogP contribution in [0, 0.1) is 0 Å². The van der Waals surface area contributed by atoms with Gasteiger partial charge in [-0.2, -0.15) is 0 Å². The van der Waals surface area contributed by atoms with E-state index < -0.39 is 0 Å². The number of hydrogen-bond acceptors (Lipinski definition) is 3. The fourth-order valence-electron chi connectivity index (χ4n) is 3.16. The number of urea groups is 1. The molecular formula is C21H24ClN3O3. The van der Waals surface area contributed by atoms with E-state index in [0.717, 1.165) is 25.9 Å². The highest BCUT2D eigenvalue weighted by atomic mass is 35.5. The first kappa shape index (κ1) is 20.0. The minimum atomic E-state index is -0.296. The van der Waals surface area contributed by atoms with E-state index in [9.17, 15) is 9.59 Å². The largest absolute Gasteiger partial charge is 0.496 e. The molecule has 2 aromatic rings. The van der Waals surface area contributed by atoms with E-state index >= 15 is 0 Å². The van der Waals surface area contributed by atoms with E-state index in [1.165, 1.54) is 20.0 Å². The average molecular weight is 402 g/mol. The molecule has 1 aliphatic rings. The van der Waals surface area contributed by atoms with Crippen molar-refractivity contribution in [3.63, 3.8) is 0 Å². The lowest BCUT2D eigenvalue weighted by molar-refractivity contribution is 0.102. The molecule has 6 nitrogen and oxygen atoms in total. The van der Waals surface area contributed by atoms with Gasteiger partial charge in [0.15, 0.2) is 0 Å². The number of hydrogen-bond donors (Lipinski definition) is 2. The summed E-state index contributed by atoms with van der Waals surface area (Å²) in [5, 5.41) is 6.23. The van der Waals surface area contributed by atoms with E-state index in [4.69, 9.17) is 16.3 Å². The van der Waals surface area contributed by atoms with Crippen molar-refractivity contribution in [3.8, 4) is 5.75 Å². The van der Waals surface area contributed by atoms with Crippen molar-refractivity contribution in [1.82, 2.24) is 4.90 Å². The minimum Gasteiger partial charge on any atom is -0.496 e. The van der Waals surface area contributed by atoms with Gasteiger partial charge in [0.1, 0.15) is 5.75 Å². The molecule has 0 spiro atoms. The van der Waals surface area contributed by atoms with Gasteiger partial charge in [-0.05, 0) is 55.3 Å². The summed E-state index contributed by atoms with van der Waals surface area (Å²) in [5.41, 5.74) is 1.71. The molecule has 1 aliphatic heterocycles. The van der Waals surface area contributed by atoms with Crippen LogP contribution in [-0.4, -0.2) is 37.0 Å². The molecule has 7 heteroatoms. The Bertz CT molecular complexity index is 831. The first-order valence-electron chi connectivity index (χ1n) is 9.38. The molecule has 1 saturated heterocycles. The molecule has 2 aromatic carbocycles. The van der Waals surface area contributed by atoms with Gasteiger partial charge in [0, 0.05) is 29.5 Å². The number of anilines is 2. The number of carbonyl (C=O) groups is 2. The van der Waals surface area contributed by atoms with Gasteiger partial charge in [-0.15, -0.1) is 0 Å². The molecule has 3 rings (SSSR count). The van der Waals surface area contributed by atoms with Gasteiger partial charge >= 0.3 is 6.03 Å². The fraction of sp³-hybridized carbons (Fsp3) is 0.333. The SMILES string of the molecule is COc1cc(Cl)ccc1C(=O)Nc1ccc(NC(=O)N2CCCCCC2)cc1. The Labute approximate surface area is 169 Å². The van der Waals surface area contributed by atoms with Gasteiger partial charge in [-0.1, -0.05) is 24.4 Å². The maximum Gasteiger partial charge on any atom is 0.321 e. The standard InChI is InChI=1S/C21H24ClN3O3/c1-28-19-14-15(22)6-11-18(19)20(26)23-16-7-9-17(10-8-16)24-21(27)25-12-4-2-3-5-13-25/h6-11,14H,2-5,12-13H2,1H3,(H,23,26)(H,24,27). The second-order valence-corrected chi connectivity index (χ2v) is 7.14. The summed E-state index contributed by atoms with van der Waals surface area (Å²) in [6.07, 6.45) is 4.45. The summed E-state index contributed by atoms with van der Waals surface area (Å²) in [5.74, 6) is 0.112. The van der Waals surface area contributed by atoms with E-state index in [0.29, 0.717) is 27.7 Å². The Kier molecular flexibility index (Phi) is 6.76. The van der Waals surface area contributed by atoms with Crippen molar-refractivity contribution >= 4 is 34.9 Å². The van der Waals surface area contributed by atoms with Gasteiger partial charge < -0.3 is 20.3 Å². The smallest absolute Gasteiger partial charge is 0.321 e. The maximum atomic E-state index is 12.5. The van der Waals surface area contributed by atoms with Gasteiger partial charge in [0.05, 0.1) is 12.7 Å². The first-order chi connectivity index (χ1) is 13.6. The van der Waals surface area contributed by atoms with Gasteiger partial charge in [0.2, 0.25) is 0 Å². The summed E-state index contributed by atoms with van der Waals surface area (Å²) in [6, 6.07) is 11.8. The van der Waals surface area contributed by atoms with Gasteiger partial charge in [0.25, 0.3) is 5.91 Å². The Balaban J connectivity index is 1.61. The van der Waals surface area contributed by atoms with Crippen molar-refractivity contribution in [2.75, 3.05) is 30.8 Å². The zero-order valence-electron chi connectivity index (χ0n) is 15.8. The molecule has 28 heavy (non-hydrogen) atoms. The number of likely N-dealkylation sites (tertiary alicyclic amines) is 1. The molecule has 0 saturated carbocycles. The average Bonchev–Trinajstić information content (AvgIpc) is 2.99. The molecular weight excluding hydrogens is 378 g/mol. The summed E-state index contributed by atoms with van der Waals surface area (Å²) in [4.78, 5) is 26.7. The number of rotatable bonds is 4. The fourth-order valence-corrected chi connectivity index (χ4v) is 3.33. The molecule has 0 atom stereocenters. The van der Waals surface area contributed by atoms with Crippen LogP contribution in [-0.2, 0) is 0 Å². The number of methoxy groups -OCH3 is 1. The first-order valence-corrected chi connectivity index (χ1v) is 9.75. The van der Waals surface area contributed by atoms with Crippen LogP contribution in [0.15, 0.2) is 42.5 Å². The number of amides is 3. The number of benzene rings is 2. The monoisotopic (exact) mass is 401 g/mol. The second kappa shape index (κ2) is 9.46. The third-order valence-electron chi connectivity index (χ3n) is 4.70. The van der Waals surface area contributed by atoms with E-state index in [1.54, 1.807) is 42.5 Å². The van der Waals surface area contributed by atoms with Crippen LogP contribution in [0.25, 0.3) is 0 Å². The Hall–Kier alpha value is -2.73. The van der Waals surface area contributed by atoms with Gasteiger partial charge in [-0.3, -0.25) is 4.79 Å². The normalized spacial score (nSPS) is 14.1. The van der Waals surface area contributed by atoms with Crippen LogP contribution in [0.2, 0.25) is 5.02 Å². The van der Waals surface area contributed by atoms with Crippen molar-refractivity contribution < 1.29 is 14.3 Å². The lowest BCUT2D eigenvalue weighted by atomic mass is 10.1. The highest BCUT2D eigenvalue weighted by molar-refractivity contribution is 6.31. The van der Waals surface area contributed by atoms with Gasteiger partial charge in [-0.25, -0.2) is 4.79 Å². The molecule has 2 N–H and O–H groups in total. The number of carbonyl (C=O) groups excluding carboxylic acids is 2. The second-order valence-electron chi connectivity index (χ2n) is 6.71. The molecule has 3 amide bonds. The molecule has 1 heterocycles. The topological polar surface area (TPSA) is 70.7 Å². The van der Waals surface area contributed by atoms with E-state index in [2.05, 4.69) is 10.6 Å². The van der Waals surface area contributed by atoms with Crippen LogP contribution >= 0.6 is 11.6 Å². The zero-order chi connectivity index (χ0) is 19.9. The van der Waals surface area contributed by atoms with Crippen molar-refractivity contribution in [2.45, 2.75) is 25.7 Å². The van der Waals surface area contributed by atoms with Crippen molar-refractivity contribution in [3.05, 3.63) is 53.1 Å². The highest BCUT2D eigenvalue weighted by Crippen LogP contribution is 2.24. The number of nitrogens with one attached hydrogen (secondary N) is 2. The van der Waals surface area contributed by atoms with Crippen LogP contribution in [0.1, 0.15) is 36.0 Å². The Morgan fingerprint density at radius 1 is 0.929 bits per heavy atom. The molecule has 0 aliphatic carbocycles. The number of nitrogens with zero attached hydrogens (tertiary/aromatic N) is 1. The third-order valence-corrected chi connectivity index (χ3v) is 4.93. The molecule has 0 unspecified atom stereocenters. The molecule has 148 valence electrons. The third kappa shape index (κ3) is 5.16. The van der Waals surface area contributed by atoms with Crippen LogP contribution in [0.5, 0.6) is 5.75 Å². The van der Waals surface area contributed by atoms with Crippen molar-refractivity contribution in [1.29, 1.82) is 0 Å². The number of halogens is 1. The van der Waals surface area contributed by atoms with Crippen LogP contribution in [0.3, 0.4) is 0 Å². The van der Waals surface area contributed by atoms with Crippen molar-refractivity contribution in [2.24, 2.45) is 0 Å². The molecule has 0 bridgehead atoms. The summed E-state index contributed by atoms with van der Waals surface area (Å²) in [6.45, 7) is 1.59. The molecule has 0 radical (unpaired) electrons. The quantitative estimate of drug-likeness (QED) is 0.756.